The fraction of sp³-hybridized carbons (Fsp3) is 0.353. The number of fused-ring (bicyclic) bond motifs is 1. The predicted octanol–water partition coefficient (Wildman–Crippen LogP) is 3.74. The van der Waals surface area contributed by atoms with Crippen molar-refractivity contribution in [1.29, 1.82) is 0 Å². The monoisotopic (exact) mass is 350 g/mol. The highest BCUT2D eigenvalue weighted by Gasteiger charge is 2.35. The van der Waals surface area contributed by atoms with Gasteiger partial charge in [0.2, 0.25) is 5.88 Å². The van der Waals surface area contributed by atoms with Crippen LogP contribution in [0.2, 0.25) is 10.0 Å². The topological polar surface area (TPSA) is 47.2 Å². The summed E-state index contributed by atoms with van der Waals surface area (Å²) in [7, 11) is 0. The Morgan fingerprint density at radius 1 is 1.13 bits per heavy atom. The van der Waals surface area contributed by atoms with Crippen LogP contribution >= 0.6 is 23.2 Å². The molecule has 120 valence electrons. The Hall–Kier alpha value is -1.83. The lowest BCUT2D eigenvalue weighted by molar-refractivity contribution is 0.333. The van der Waals surface area contributed by atoms with Crippen molar-refractivity contribution >= 4 is 23.2 Å². The third-order valence-electron chi connectivity index (χ3n) is 3.92. The molecule has 0 saturated carbocycles. The molecular formula is C17H16Cl2N2O2. The zero-order valence-electron chi connectivity index (χ0n) is 13.1. The van der Waals surface area contributed by atoms with Crippen molar-refractivity contribution in [3.8, 4) is 28.8 Å². The Morgan fingerprint density at radius 2 is 1.70 bits per heavy atom. The van der Waals surface area contributed by atoms with E-state index in [1.165, 1.54) is 4.68 Å². The normalized spacial score (nSPS) is 15.2. The standard InChI is InChI=1S/C17H16Cl2N2O2/c1-4-5-10-6-11(18)13(12(19)7-10)14-15(22)20-8-17(2,3)9-21(20)16(14)23/h6-7,22H,8-9H2,1-3H3. The van der Waals surface area contributed by atoms with Gasteiger partial charge in [0, 0.05) is 29.6 Å². The minimum atomic E-state index is -0.286. The fourth-order valence-electron chi connectivity index (χ4n) is 3.00. The van der Waals surface area contributed by atoms with Crippen molar-refractivity contribution < 1.29 is 5.11 Å². The molecule has 23 heavy (non-hydrogen) atoms. The predicted molar refractivity (Wildman–Crippen MR) is 92.1 cm³/mol. The second-order valence-corrected chi connectivity index (χ2v) is 7.29. The number of aromatic nitrogens is 2. The van der Waals surface area contributed by atoms with Gasteiger partial charge in [0.25, 0.3) is 5.56 Å². The Kier molecular flexibility index (Phi) is 3.74. The minimum absolute atomic E-state index is 0.0800. The molecule has 0 bridgehead atoms. The van der Waals surface area contributed by atoms with E-state index in [0.29, 0.717) is 34.3 Å². The van der Waals surface area contributed by atoms with Crippen LogP contribution in [0, 0.1) is 17.3 Å². The van der Waals surface area contributed by atoms with Crippen molar-refractivity contribution in [2.45, 2.75) is 33.9 Å². The third kappa shape index (κ3) is 2.54. The highest BCUT2D eigenvalue weighted by atomic mass is 35.5. The number of hydrogen-bond donors (Lipinski definition) is 1. The van der Waals surface area contributed by atoms with Crippen molar-refractivity contribution in [3.05, 3.63) is 38.1 Å². The van der Waals surface area contributed by atoms with E-state index in [0.717, 1.165) is 0 Å². The van der Waals surface area contributed by atoms with Crippen LogP contribution in [0.25, 0.3) is 11.1 Å². The SMILES string of the molecule is CC#Cc1cc(Cl)c(-c2c(O)n3n(c2=O)CC(C)(C)C3)c(Cl)c1. The second kappa shape index (κ2) is 5.36. The summed E-state index contributed by atoms with van der Waals surface area (Å²) in [5.41, 5.74) is 0.796. The lowest BCUT2D eigenvalue weighted by atomic mass is 9.95. The van der Waals surface area contributed by atoms with Crippen LogP contribution < -0.4 is 5.56 Å². The van der Waals surface area contributed by atoms with Crippen LogP contribution in [0.4, 0.5) is 0 Å². The summed E-state index contributed by atoms with van der Waals surface area (Å²) in [6.45, 7) is 6.90. The van der Waals surface area contributed by atoms with Crippen LogP contribution in [0.5, 0.6) is 5.88 Å². The summed E-state index contributed by atoms with van der Waals surface area (Å²) in [6.07, 6.45) is 0. The molecule has 0 aliphatic carbocycles. The highest BCUT2D eigenvalue weighted by Crippen LogP contribution is 2.41. The molecule has 0 unspecified atom stereocenters. The van der Waals surface area contributed by atoms with Gasteiger partial charge in [-0.05, 0) is 19.1 Å². The van der Waals surface area contributed by atoms with Crippen LogP contribution in [0.1, 0.15) is 26.3 Å². The van der Waals surface area contributed by atoms with E-state index < -0.39 is 0 Å². The summed E-state index contributed by atoms with van der Waals surface area (Å²) in [4.78, 5) is 12.7. The van der Waals surface area contributed by atoms with Gasteiger partial charge in [-0.1, -0.05) is 43.0 Å². The van der Waals surface area contributed by atoms with Gasteiger partial charge < -0.3 is 5.11 Å². The van der Waals surface area contributed by atoms with Gasteiger partial charge >= 0.3 is 0 Å². The van der Waals surface area contributed by atoms with Gasteiger partial charge in [-0.3, -0.25) is 9.48 Å². The van der Waals surface area contributed by atoms with Crippen molar-refractivity contribution in [3.63, 3.8) is 0 Å². The Morgan fingerprint density at radius 3 is 2.22 bits per heavy atom. The smallest absolute Gasteiger partial charge is 0.278 e. The summed E-state index contributed by atoms with van der Waals surface area (Å²) >= 11 is 12.6. The quantitative estimate of drug-likeness (QED) is 0.796. The minimum Gasteiger partial charge on any atom is -0.493 e. The summed E-state index contributed by atoms with van der Waals surface area (Å²) in [6, 6.07) is 3.30. The third-order valence-corrected chi connectivity index (χ3v) is 4.52. The molecule has 0 saturated heterocycles. The molecule has 2 heterocycles. The number of benzene rings is 1. The molecule has 1 aromatic heterocycles. The Labute approximate surface area is 144 Å². The first-order chi connectivity index (χ1) is 10.7. The second-order valence-electron chi connectivity index (χ2n) is 6.47. The number of nitrogens with zero attached hydrogens (tertiary/aromatic N) is 2. The van der Waals surface area contributed by atoms with Crippen LogP contribution in [0.15, 0.2) is 16.9 Å². The maximum Gasteiger partial charge on any atom is 0.278 e. The molecule has 1 aliphatic heterocycles. The molecule has 0 radical (unpaired) electrons. The molecule has 0 fully saturated rings. The maximum absolute atomic E-state index is 12.7. The van der Waals surface area contributed by atoms with E-state index in [-0.39, 0.29) is 22.4 Å². The van der Waals surface area contributed by atoms with Gasteiger partial charge in [-0.15, -0.1) is 5.92 Å². The van der Waals surface area contributed by atoms with Crippen molar-refractivity contribution in [2.24, 2.45) is 5.41 Å². The first kappa shape index (κ1) is 16.0. The zero-order chi connectivity index (χ0) is 16.9. The van der Waals surface area contributed by atoms with Crippen LogP contribution in [0.3, 0.4) is 0 Å². The molecule has 1 aromatic carbocycles. The maximum atomic E-state index is 12.7. The number of hydrogen-bond acceptors (Lipinski definition) is 2. The van der Waals surface area contributed by atoms with Gasteiger partial charge in [0.05, 0.1) is 10.0 Å². The van der Waals surface area contributed by atoms with E-state index in [9.17, 15) is 9.90 Å². The lowest BCUT2D eigenvalue weighted by Crippen LogP contribution is -2.21. The van der Waals surface area contributed by atoms with Crippen LogP contribution in [-0.2, 0) is 13.1 Å². The van der Waals surface area contributed by atoms with E-state index in [2.05, 4.69) is 11.8 Å². The summed E-state index contributed by atoms with van der Waals surface area (Å²) in [5, 5.41) is 11.1. The molecule has 4 nitrogen and oxygen atoms in total. The highest BCUT2D eigenvalue weighted by molar-refractivity contribution is 6.39. The van der Waals surface area contributed by atoms with E-state index in [1.807, 2.05) is 13.8 Å². The number of halogens is 2. The molecular weight excluding hydrogens is 335 g/mol. The first-order valence-electron chi connectivity index (χ1n) is 7.20. The van der Waals surface area contributed by atoms with Gasteiger partial charge in [0.15, 0.2) is 0 Å². The Bertz CT molecular complexity index is 904. The molecule has 2 aromatic rings. The van der Waals surface area contributed by atoms with E-state index >= 15 is 0 Å². The number of rotatable bonds is 1. The lowest BCUT2D eigenvalue weighted by Gasteiger charge is -2.14. The van der Waals surface area contributed by atoms with Gasteiger partial charge in [-0.25, -0.2) is 4.68 Å². The largest absolute Gasteiger partial charge is 0.493 e. The Balaban J connectivity index is 2.23. The average molecular weight is 351 g/mol. The van der Waals surface area contributed by atoms with Gasteiger partial charge in [-0.2, -0.15) is 0 Å². The molecule has 0 amide bonds. The van der Waals surface area contributed by atoms with Crippen LogP contribution in [-0.4, -0.2) is 14.5 Å². The summed E-state index contributed by atoms with van der Waals surface area (Å²) < 4.78 is 3.13. The molecule has 1 aliphatic rings. The molecule has 3 rings (SSSR count). The van der Waals surface area contributed by atoms with Gasteiger partial charge in [0.1, 0.15) is 5.56 Å². The van der Waals surface area contributed by atoms with E-state index in [1.54, 1.807) is 23.7 Å². The molecule has 6 heteroatoms. The average Bonchev–Trinajstić information content (AvgIpc) is 2.86. The fourth-order valence-corrected chi connectivity index (χ4v) is 3.68. The van der Waals surface area contributed by atoms with E-state index in [4.69, 9.17) is 23.2 Å². The zero-order valence-corrected chi connectivity index (χ0v) is 14.6. The van der Waals surface area contributed by atoms with Crippen molar-refractivity contribution in [2.75, 3.05) is 0 Å². The molecule has 0 atom stereocenters. The first-order valence-corrected chi connectivity index (χ1v) is 7.95. The van der Waals surface area contributed by atoms with Crippen molar-refractivity contribution in [1.82, 2.24) is 9.36 Å². The summed E-state index contributed by atoms with van der Waals surface area (Å²) in [5.74, 6) is 5.55. The number of aromatic hydroxyl groups is 1. The molecule has 0 spiro atoms. The molecule has 1 N–H and O–H groups in total.